The monoisotopic (exact) mass is 673 g/mol. The van der Waals surface area contributed by atoms with Crippen LogP contribution in [0, 0.1) is 6.45 Å². The molecule has 1 aromatic heterocycles. The third-order valence-electron chi connectivity index (χ3n) is 6.29. The van der Waals surface area contributed by atoms with Crippen LogP contribution in [0.2, 0.25) is 10.1 Å². The number of phenolic OH excluding ortho intramolecular Hbond substituents is 1. The second-order valence-corrected chi connectivity index (χ2v) is 19.7. The summed E-state index contributed by atoms with van der Waals surface area (Å²) in [5, 5.41) is 13.2. The Morgan fingerprint density at radius 1 is 1.03 bits per heavy atom. The summed E-state index contributed by atoms with van der Waals surface area (Å²) in [4.78, 5) is 18.7. The van der Waals surface area contributed by atoms with E-state index in [2.05, 4.69) is 92.8 Å². The first-order valence-electron chi connectivity index (χ1n) is 10.1. The molecule has 1 aromatic carbocycles. The lowest BCUT2D eigenvalue weighted by Crippen LogP contribution is -2.66. The summed E-state index contributed by atoms with van der Waals surface area (Å²) in [6.45, 7) is 13.7. The maximum Gasteiger partial charge on any atom is 0.178 e. The van der Waals surface area contributed by atoms with Crippen molar-refractivity contribution in [2.75, 3.05) is 0 Å². The van der Waals surface area contributed by atoms with Gasteiger partial charge in [0.15, 0.2) is 5.78 Å². The zero-order valence-electron chi connectivity index (χ0n) is 18.4. The number of phenols is 1. The molecule has 0 saturated carbocycles. The number of nitrogens with zero attached hydrogens (tertiary/aromatic N) is 1. The number of carbonyl (C=O) groups excluding carboxylic acids is 1. The first-order chi connectivity index (χ1) is 14.3. The van der Waals surface area contributed by atoms with Gasteiger partial charge in [0, 0.05) is 14.0 Å². The molecular formula is C24H25I2NO2SSi. The van der Waals surface area contributed by atoms with Crippen molar-refractivity contribution in [3.63, 3.8) is 0 Å². The second kappa shape index (κ2) is 7.63. The molecule has 0 amide bonds. The number of halogens is 2. The zero-order chi connectivity index (χ0) is 22.9. The maximum absolute atomic E-state index is 12.6. The van der Waals surface area contributed by atoms with E-state index in [0.717, 1.165) is 32.2 Å². The molecule has 2 aliphatic rings. The molecule has 2 aromatic rings. The van der Waals surface area contributed by atoms with E-state index in [9.17, 15) is 9.90 Å². The lowest BCUT2D eigenvalue weighted by Gasteiger charge is -2.56. The summed E-state index contributed by atoms with van der Waals surface area (Å²) >= 11 is 6.41. The SMILES string of the molecule is CC(C)(C)[Si]1(C(C)(C)C)C2=CC(=O)C=CC2=Nc2ccc(O)c(-c3cc(I)c(I)s3)c21. The van der Waals surface area contributed by atoms with Crippen LogP contribution in [0.15, 0.2) is 46.6 Å². The number of allylic oxidation sites excluding steroid dienone is 4. The van der Waals surface area contributed by atoms with E-state index >= 15 is 0 Å². The predicted octanol–water partition coefficient (Wildman–Crippen LogP) is 7.28. The summed E-state index contributed by atoms with van der Waals surface area (Å²) in [7, 11) is -2.68. The molecule has 1 aliphatic heterocycles. The Labute approximate surface area is 216 Å². The molecule has 0 bridgehead atoms. The van der Waals surface area contributed by atoms with Crippen LogP contribution in [0.4, 0.5) is 5.69 Å². The molecule has 2 heterocycles. The number of hydrogen-bond acceptors (Lipinski definition) is 4. The minimum atomic E-state index is -2.68. The fourth-order valence-corrected chi connectivity index (χ4v) is 16.0. The Balaban J connectivity index is 2.25. The Morgan fingerprint density at radius 2 is 1.68 bits per heavy atom. The lowest BCUT2D eigenvalue weighted by atomic mass is 10.1. The summed E-state index contributed by atoms with van der Waals surface area (Å²) in [6, 6.07) is 5.88. The van der Waals surface area contributed by atoms with E-state index in [4.69, 9.17) is 4.99 Å². The average Bonchev–Trinajstić information content (AvgIpc) is 2.96. The van der Waals surface area contributed by atoms with Crippen molar-refractivity contribution in [2.24, 2.45) is 4.99 Å². The highest BCUT2D eigenvalue weighted by Crippen LogP contribution is 2.59. The highest BCUT2D eigenvalue weighted by molar-refractivity contribution is 14.1. The quantitative estimate of drug-likeness (QED) is 0.197. The topological polar surface area (TPSA) is 49.7 Å². The van der Waals surface area contributed by atoms with Gasteiger partial charge < -0.3 is 5.11 Å². The molecular weight excluding hydrogens is 648 g/mol. The largest absolute Gasteiger partial charge is 0.507 e. The molecule has 0 saturated heterocycles. The summed E-state index contributed by atoms with van der Waals surface area (Å²) < 4.78 is 2.39. The van der Waals surface area contributed by atoms with Crippen LogP contribution < -0.4 is 5.19 Å². The van der Waals surface area contributed by atoms with Crippen LogP contribution >= 0.6 is 56.5 Å². The van der Waals surface area contributed by atoms with Crippen molar-refractivity contribution in [1.82, 2.24) is 0 Å². The molecule has 0 unspecified atom stereocenters. The van der Waals surface area contributed by atoms with Crippen LogP contribution in [0.25, 0.3) is 10.4 Å². The molecule has 31 heavy (non-hydrogen) atoms. The number of fused-ring (bicyclic) bond motifs is 2. The van der Waals surface area contributed by atoms with Gasteiger partial charge in [0.25, 0.3) is 0 Å². The van der Waals surface area contributed by atoms with E-state index in [0.29, 0.717) is 0 Å². The number of carbonyl (C=O) groups is 1. The maximum atomic E-state index is 12.6. The molecule has 0 fully saturated rings. The van der Waals surface area contributed by atoms with Crippen molar-refractivity contribution < 1.29 is 9.90 Å². The van der Waals surface area contributed by atoms with Gasteiger partial charge in [-0.05, 0) is 102 Å². The van der Waals surface area contributed by atoms with Gasteiger partial charge in [-0.25, -0.2) is 4.99 Å². The first-order valence-corrected chi connectivity index (χ1v) is 15.1. The van der Waals surface area contributed by atoms with Gasteiger partial charge in [-0.15, -0.1) is 11.3 Å². The van der Waals surface area contributed by atoms with Crippen molar-refractivity contribution in [2.45, 2.75) is 51.6 Å². The Kier molecular flexibility index (Phi) is 5.75. The number of rotatable bonds is 1. The first kappa shape index (κ1) is 23.4. The molecule has 4 rings (SSSR count). The Morgan fingerprint density at radius 3 is 2.23 bits per heavy atom. The number of ketones is 1. The van der Waals surface area contributed by atoms with Crippen LogP contribution in [0.1, 0.15) is 41.5 Å². The lowest BCUT2D eigenvalue weighted by molar-refractivity contribution is -0.110. The van der Waals surface area contributed by atoms with Crippen molar-refractivity contribution in [3.05, 3.63) is 48.1 Å². The van der Waals surface area contributed by atoms with E-state index in [1.54, 1.807) is 23.5 Å². The smallest absolute Gasteiger partial charge is 0.178 e. The highest BCUT2D eigenvalue weighted by atomic mass is 127. The van der Waals surface area contributed by atoms with E-state index in [1.165, 1.54) is 6.45 Å². The highest BCUT2D eigenvalue weighted by Gasteiger charge is 2.61. The Bertz CT molecular complexity index is 1180. The molecule has 0 spiro atoms. The van der Waals surface area contributed by atoms with Gasteiger partial charge in [0.2, 0.25) is 0 Å². The fraction of sp³-hybridized carbons (Fsp3) is 0.333. The third-order valence-corrected chi connectivity index (χ3v) is 17.7. The fourth-order valence-electron chi connectivity index (χ4n) is 5.63. The average molecular weight is 673 g/mol. The van der Waals surface area contributed by atoms with E-state index < -0.39 is 8.07 Å². The van der Waals surface area contributed by atoms with Gasteiger partial charge in [0.05, 0.1) is 14.3 Å². The van der Waals surface area contributed by atoms with Gasteiger partial charge >= 0.3 is 0 Å². The normalized spacial score (nSPS) is 17.7. The molecule has 1 aliphatic carbocycles. The van der Waals surface area contributed by atoms with Gasteiger partial charge in [-0.3, -0.25) is 4.79 Å². The second-order valence-electron chi connectivity index (χ2n) is 10.1. The number of benzene rings is 1. The number of aliphatic imine (C=N–C) groups is 1. The number of aromatic hydroxyl groups is 1. The van der Waals surface area contributed by atoms with Crippen molar-refractivity contribution in [3.8, 4) is 16.2 Å². The van der Waals surface area contributed by atoms with Crippen LogP contribution in [0.3, 0.4) is 0 Å². The van der Waals surface area contributed by atoms with Crippen molar-refractivity contribution >= 4 is 87.0 Å². The van der Waals surface area contributed by atoms with Crippen molar-refractivity contribution in [1.29, 1.82) is 0 Å². The Hall–Kier alpha value is -0.783. The van der Waals surface area contributed by atoms with Gasteiger partial charge in [0.1, 0.15) is 13.8 Å². The summed E-state index contributed by atoms with van der Waals surface area (Å²) in [5.41, 5.74) is 2.72. The van der Waals surface area contributed by atoms with Crippen LogP contribution in [-0.2, 0) is 4.79 Å². The van der Waals surface area contributed by atoms with Gasteiger partial charge in [-0.2, -0.15) is 0 Å². The standard InChI is InChI=1S/C24H25I2NO2SSi/c1-23(2,3)31(24(4,5)6)19-11-13(28)7-8-15(19)27-16-9-10-17(29)20(21(16)31)18-12-14(25)22(26)30-18/h7-12,29H,1-6H3. The van der Waals surface area contributed by atoms with Gasteiger partial charge in [-0.1, -0.05) is 41.5 Å². The third kappa shape index (κ3) is 3.45. The number of thiophene rings is 1. The molecule has 0 radical (unpaired) electrons. The minimum absolute atomic E-state index is 0.0182. The molecule has 162 valence electrons. The van der Waals surface area contributed by atoms with Crippen LogP contribution in [-0.4, -0.2) is 24.7 Å². The molecule has 0 atom stereocenters. The van der Waals surface area contributed by atoms with E-state index in [1.807, 2.05) is 18.2 Å². The zero-order valence-corrected chi connectivity index (χ0v) is 24.6. The summed E-state index contributed by atoms with van der Waals surface area (Å²) in [6.07, 6.45) is 5.31. The number of hydrogen-bond donors (Lipinski definition) is 1. The molecule has 3 nitrogen and oxygen atoms in total. The molecule has 1 N–H and O–H groups in total. The minimum Gasteiger partial charge on any atom is -0.507 e. The summed E-state index contributed by atoms with van der Waals surface area (Å²) in [5.74, 6) is 0.305. The molecule has 7 heteroatoms. The van der Waals surface area contributed by atoms with E-state index in [-0.39, 0.29) is 21.6 Å². The van der Waals surface area contributed by atoms with Crippen LogP contribution in [0.5, 0.6) is 5.75 Å². The predicted molar refractivity (Wildman–Crippen MR) is 151 cm³/mol.